The van der Waals surface area contributed by atoms with Crippen LogP contribution < -0.4 is 0 Å². The monoisotopic (exact) mass is 180 g/mol. The second-order valence-electron chi connectivity index (χ2n) is 4.00. The first kappa shape index (κ1) is 8.75. The summed E-state index contributed by atoms with van der Waals surface area (Å²) in [6.45, 7) is 3.36. The van der Waals surface area contributed by atoms with Crippen LogP contribution in [0.3, 0.4) is 0 Å². The van der Waals surface area contributed by atoms with Crippen LogP contribution in [-0.2, 0) is 13.2 Å². The summed E-state index contributed by atoms with van der Waals surface area (Å²) in [6.07, 6.45) is 4.64. The first-order valence-corrected chi connectivity index (χ1v) is 4.93. The van der Waals surface area contributed by atoms with Crippen LogP contribution in [0.2, 0.25) is 0 Å². The van der Waals surface area contributed by atoms with Crippen molar-refractivity contribution in [3.05, 3.63) is 18.0 Å². The predicted octanol–water partition coefficient (Wildman–Crippen LogP) is 1.42. The average molecular weight is 180 g/mol. The number of rotatable bonds is 3. The molecule has 0 saturated heterocycles. The molecule has 1 fully saturated rings. The van der Waals surface area contributed by atoms with Gasteiger partial charge < -0.3 is 5.11 Å². The maximum Gasteiger partial charge on any atom is 0.0878 e. The van der Waals surface area contributed by atoms with Gasteiger partial charge in [-0.2, -0.15) is 5.10 Å². The lowest BCUT2D eigenvalue weighted by atomic mass is 9.75. The molecule has 1 aromatic heterocycles. The molecule has 0 spiro atoms. The van der Waals surface area contributed by atoms with Crippen molar-refractivity contribution in [2.24, 2.45) is 11.8 Å². The molecule has 1 aromatic rings. The number of aliphatic hydroxyl groups excluding tert-OH is 1. The molecule has 3 heteroatoms. The van der Waals surface area contributed by atoms with E-state index in [2.05, 4.69) is 12.0 Å². The zero-order valence-corrected chi connectivity index (χ0v) is 7.98. The third-order valence-corrected chi connectivity index (χ3v) is 3.08. The van der Waals surface area contributed by atoms with Gasteiger partial charge in [-0.25, -0.2) is 0 Å². The fourth-order valence-electron chi connectivity index (χ4n) is 1.84. The molecular formula is C10H16N2O. The third-order valence-electron chi connectivity index (χ3n) is 3.08. The van der Waals surface area contributed by atoms with Crippen LogP contribution in [-0.4, -0.2) is 14.9 Å². The molecule has 2 atom stereocenters. The van der Waals surface area contributed by atoms with E-state index in [0.717, 1.165) is 24.1 Å². The standard InChI is InChI=1S/C10H16N2O/c1-8-2-3-9(8)6-12-5-4-10(7-13)11-12/h4-5,8-9,13H,2-3,6-7H2,1H3/t8-,9+/m1/s1. The first-order chi connectivity index (χ1) is 6.29. The summed E-state index contributed by atoms with van der Waals surface area (Å²) in [5.41, 5.74) is 0.770. The summed E-state index contributed by atoms with van der Waals surface area (Å²) >= 11 is 0. The fraction of sp³-hybridized carbons (Fsp3) is 0.700. The average Bonchev–Trinajstić information content (AvgIpc) is 2.59. The van der Waals surface area contributed by atoms with Crippen molar-refractivity contribution in [3.8, 4) is 0 Å². The molecular weight excluding hydrogens is 164 g/mol. The Morgan fingerprint density at radius 3 is 2.92 bits per heavy atom. The topological polar surface area (TPSA) is 38.0 Å². The van der Waals surface area contributed by atoms with E-state index in [1.165, 1.54) is 12.8 Å². The number of aromatic nitrogens is 2. The van der Waals surface area contributed by atoms with E-state index in [1.807, 2.05) is 16.9 Å². The van der Waals surface area contributed by atoms with Gasteiger partial charge >= 0.3 is 0 Å². The van der Waals surface area contributed by atoms with Gasteiger partial charge in [0.2, 0.25) is 0 Å². The van der Waals surface area contributed by atoms with Crippen molar-refractivity contribution in [1.29, 1.82) is 0 Å². The predicted molar refractivity (Wildman–Crippen MR) is 50.0 cm³/mol. The molecule has 1 aliphatic rings. The highest BCUT2D eigenvalue weighted by molar-refractivity contribution is 4.97. The Morgan fingerprint density at radius 2 is 2.46 bits per heavy atom. The van der Waals surface area contributed by atoms with E-state index >= 15 is 0 Å². The number of aliphatic hydroxyl groups is 1. The SMILES string of the molecule is C[C@@H]1CC[C@H]1Cn1ccc(CO)n1. The normalized spacial score (nSPS) is 27.2. The Balaban J connectivity index is 1.93. The quantitative estimate of drug-likeness (QED) is 0.764. The highest BCUT2D eigenvalue weighted by Crippen LogP contribution is 2.34. The van der Waals surface area contributed by atoms with E-state index in [9.17, 15) is 0 Å². The Bertz CT molecular complexity index is 282. The summed E-state index contributed by atoms with van der Waals surface area (Å²) in [7, 11) is 0. The van der Waals surface area contributed by atoms with Gasteiger partial charge in [-0.05, 0) is 24.3 Å². The Kier molecular flexibility index (Phi) is 2.36. The highest BCUT2D eigenvalue weighted by Gasteiger charge is 2.26. The van der Waals surface area contributed by atoms with Crippen molar-refractivity contribution >= 4 is 0 Å². The molecule has 13 heavy (non-hydrogen) atoms. The summed E-state index contributed by atoms with van der Waals surface area (Å²) in [5.74, 6) is 1.65. The van der Waals surface area contributed by atoms with E-state index in [-0.39, 0.29) is 6.61 Å². The minimum Gasteiger partial charge on any atom is -0.390 e. The zero-order chi connectivity index (χ0) is 9.26. The molecule has 2 rings (SSSR count). The van der Waals surface area contributed by atoms with Crippen molar-refractivity contribution in [2.45, 2.75) is 32.9 Å². The van der Waals surface area contributed by atoms with Gasteiger partial charge in [-0.15, -0.1) is 0 Å². The minimum atomic E-state index is 0.0488. The fourth-order valence-corrected chi connectivity index (χ4v) is 1.84. The van der Waals surface area contributed by atoms with Crippen LogP contribution in [0.15, 0.2) is 12.3 Å². The summed E-state index contributed by atoms with van der Waals surface area (Å²) < 4.78 is 1.95. The largest absolute Gasteiger partial charge is 0.390 e. The van der Waals surface area contributed by atoms with E-state index in [1.54, 1.807) is 0 Å². The van der Waals surface area contributed by atoms with Crippen molar-refractivity contribution in [1.82, 2.24) is 9.78 Å². The van der Waals surface area contributed by atoms with Crippen molar-refractivity contribution in [3.63, 3.8) is 0 Å². The smallest absolute Gasteiger partial charge is 0.0878 e. The minimum absolute atomic E-state index is 0.0488. The molecule has 0 unspecified atom stereocenters. The lowest BCUT2D eigenvalue weighted by Crippen LogP contribution is -2.27. The molecule has 0 aliphatic heterocycles. The maximum absolute atomic E-state index is 8.83. The zero-order valence-electron chi connectivity index (χ0n) is 7.98. The summed E-state index contributed by atoms with van der Waals surface area (Å²) in [4.78, 5) is 0. The third kappa shape index (κ3) is 1.75. The summed E-state index contributed by atoms with van der Waals surface area (Å²) in [6, 6.07) is 1.88. The molecule has 1 N–H and O–H groups in total. The van der Waals surface area contributed by atoms with Crippen LogP contribution in [0.4, 0.5) is 0 Å². The molecule has 72 valence electrons. The van der Waals surface area contributed by atoms with Gasteiger partial charge in [0.05, 0.1) is 12.3 Å². The molecule has 1 heterocycles. The number of nitrogens with zero attached hydrogens (tertiary/aromatic N) is 2. The van der Waals surface area contributed by atoms with E-state index in [4.69, 9.17) is 5.11 Å². The van der Waals surface area contributed by atoms with Crippen molar-refractivity contribution < 1.29 is 5.11 Å². The summed E-state index contributed by atoms with van der Waals surface area (Å²) in [5, 5.41) is 13.1. The van der Waals surface area contributed by atoms with Crippen molar-refractivity contribution in [2.75, 3.05) is 0 Å². The second-order valence-corrected chi connectivity index (χ2v) is 4.00. The molecule has 1 saturated carbocycles. The van der Waals surface area contributed by atoms with Gasteiger partial charge in [-0.3, -0.25) is 4.68 Å². The van der Waals surface area contributed by atoms with Crippen LogP contribution in [0.5, 0.6) is 0 Å². The van der Waals surface area contributed by atoms with Crippen LogP contribution in [0.25, 0.3) is 0 Å². The van der Waals surface area contributed by atoms with Gasteiger partial charge in [0.15, 0.2) is 0 Å². The lowest BCUT2D eigenvalue weighted by Gasteiger charge is -2.33. The van der Waals surface area contributed by atoms with Gasteiger partial charge in [0, 0.05) is 12.7 Å². The molecule has 1 aliphatic carbocycles. The second kappa shape index (κ2) is 3.50. The lowest BCUT2D eigenvalue weighted by molar-refractivity contribution is 0.164. The van der Waals surface area contributed by atoms with Gasteiger partial charge in [0.25, 0.3) is 0 Å². The molecule has 0 radical (unpaired) electrons. The molecule has 0 bridgehead atoms. The van der Waals surface area contributed by atoms with E-state index in [0.29, 0.717) is 0 Å². The Labute approximate surface area is 78.4 Å². The molecule has 0 amide bonds. The Morgan fingerprint density at radius 1 is 1.62 bits per heavy atom. The Hall–Kier alpha value is -0.830. The van der Waals surface area contributed by atoms with Crippen LogP contribution in [0.1, 0.15) is 25.5 Å². The van der Waals surface area contributed by atoms with E-state index < -0.39 is 0 Å². The molecule has 0 aromatic carbocycles. The van der Waals surface area contributed by atoms with Crippen LogP contribution >= 0.6 is 0 Å². The first-order valence-electron chi connectivity index (χ1n) is 4.93. The maximum atomic E-state index is 8.83. The number of hydrogen-bond donors (Lipinski definition) is 1. The van der Waals surface area contributed by atoms with Gasteiger partial charge in [0.1, 0.15) is 0 Å². The van der Waals surface area contributed by atoms with Crippen LogP contribution in [0, 0.1) is 11.8 Å². The van der Waals surface area contributed by atoms with Gasteiger partial charge in [-0.1, -0.05) is 13.3 Å². The molecule has 3 nitrogen and oxygen atoms in total. The number of hydrogen-bond acceptors (Lipinski definition) is 2. The highest BCUT2D eigenvalue weighted by atomic mass is 16.3.